The van der Waals surface area contributed by atoms with Crippen molar-refractivity contribution in [1.82, 2.24) is 0 Å². The van der Waals surface area contributed by atoms with Crippen LogP contribution in [0.25, 0.3) is 0 Å². The number of allylic oxidation sites excluding steroid dienone is 2. The predicted octanol–water partition coefficient (Wildman–Crippen LogP) is 3.61. The molecule has 0 heterocycles. The largest absolute Gasteiger partial charge is 0.118 e. The summed E-state index contributed by atoms with van der Waals surface area (Å²) in [5.74, 6) is 1.71. The standard InChI is InChI=1S/C11H17Cl/c1-7(12)9-5-4-8-6-10(9)11(8,2)3/h5,7-8,10H,4,6H2,1-3H3. The highest BCUT2D eigenvalue weighted by atomic mass is 35.5. The Morgan fingerprint density at radius 2 is 2.25 bits per heavy atom. The molecule has 3 aliphatic carbocycles. The van der Waals surface area contributed by atoms with Gasteiger partial charge in [-0.2, -0.15) is 0 Å². The molecular formula is C11H17Cl. The first-order valence-corrected chi connectivity index (χ1v) is 5.31. The van der Waals surface area contributed by atoms with Crippen LogP contribution in [0, 0.1) is 17.3 Å². The Bertz CT molecular complexity index is 225. The third kappa shape index (κ3) is 0.970. The van der Waals surface area contributed by atoms with Crippen LogP contribution in [0.2, 0.25) is 0 Å². The molecule has 68 valence electrons. The summed E-state index contributed by atoms with van der Waals surface area (Å²) in [5.41, 5.74) is 2.04. The highest BCUT2D eigenvalue weighted by Gasteiger charge is 2.51. The second-order valence-corrected chi connectivity index (χ2v) is 5.52. The zero-order valence-corrected chi connectivity index (χ0v) is 8.86. The van der Waals surface area contributed by atoms with Gasteiger partial charge in [-0.25, -0.2) is 0 Å². The summed E-state index contributed by atoms with van der Waals surface area (Å²) in [6, 6.07) is 0. The molecule has 2 bridgehead atoms. The summed E-state index contributed by atoms with van der Waals surface area (Å²) in [6.07, 6.45) is 5.02. The Morgan fingerprint density at radius 1 is 1.58 bits per heavy atom. The molecule has 0 saturated heterocycles. The number of alkyl halides is 1. The Kier molecular flexibility index (Phi) is 1.80. The van der Waals surface area contributed by atoms with Crippen molar-refractivity contribution in [2.45, 2.75) is 39.0 Å². The summed E-state index contributed by atoms with van der Waals surface area (Å²) in [4.78, 5) is 0. The topological polar surface area (TPSA) is 0 Å². The van der Waals surface area contributed by atoms with Crippen LogP contribution < -0.4 is 0 Å². The molecule has 0 aromatic heterocycles. The molecule has 3 aliphatic rings. The molecule has 1 saturated carbocycles. The Morgan fingerprint density at radius 3 is 2.58 bits per heavy atom. The van der Waals surface area contributed by atoms with Gasteiger partial charge in [-0.3, -0.25) is 0 Å². The third-order valence-corrected chi connectivity index (χ3v) is 4.22. The Labute approximate surface area is 80.0 Å². The van der Waals surface area contributed by atoms with Crippen LogP contribution in [0.4, 0.5) is 0 Å². The van der Waals surface area contributed by atoms with E-state index in [2.05, 4.69) is 26.8 Å². The van der Waals surface area contributed by atoms with Gasteiger partial charge in [-0.05, 0) is 37.0 Å². The van der Waals surface area contributed by atoms with E-state index in [0.29, 0.717) is 5.41 Å². The van der Waals surface area contributed by atoms with Crippen LogP contribution in [-0.4, -0.2) is 5.38 Å². The van der Waals surface area contributed by atoms with Crippen LogP contribution in [0.3, 0.4) is 0 Å². The van der Waals surface area contributed by atoms with Crippen LogP contribution in [-0.2, 0) is 0 Å². The smallest absolute Gasteiger partial charge is 0.0519 e. The van der Waals surface area contributed by atoms with E-state index in [-0.39, 0.29) is 5.38 Å². The van der Waals surface area contributed by atoms with Crippen LogP contribution >= 0.6 is 11.6 Å². The van der Waals surface area contributed by atoms with Gasteiger partial charge in [0.1, 0.15) is 0 Å². The molecule has 0 N–H and O–H groups in total. The van der Waals surface area contributed by atoms with Gasteiger partial charge in [-0.15, -0.1) is 11.6 Å². The molecule has 0 nitrogen and oxygen atoms in total. The molecular weight excluding hydrogens is 168 g/mol. The van der Waals surface area contributed by atoms with Crippen molar-refractivity contribution in [3.8, 4) is 0 Å². The van der Waals surface area contributed by atoms with Crippen LogP contribution in [0.5, 0.6) is 0 Å². The average molecular weight is 185 g/mol. The summed E-state index contributed by atoms with van der Waals surface area (Å²) >= 11 is 6.14. The maximum absolute atomic E-state index is 6.14. The normalized spacial score (nSPS) is 39.8. The lowest BCUT2D eigenvalue weighted by Gasteiger charge is -2.57. The lowest BCUT2D eigenvalue weighted by molar-refractivity contribution is -0.00744. The first-order chi connectivity index (χ1) is 5.53. The summed E-state index contributed by atoms with van der Waals surface area (Å²) in [7, 11) is 0. The molecule has 0 amide bonds. The molecule has 0 aromatic rings. The second-order valence-electron chi connectivity index (χ2n) is 4.86. The van der Waals surface area contributed by atoms with Gasteiger partial charge in [0.05, 0.1) is 5.38 Å². The minimum atomic E-state index is 0.246. The lowest BCUT2D eigenvalue weighted by atomic mass is 9.48. The highest BCUT2D eigenvalue weighted by Crippen LogP contribution is 2.60. The van der Waals surface area contributed by atoms with Crippen LogP contribution in [0.15, 0.2) is 11.6 Å². The van der Waals surface area contributed by atoms with E-state index < -0.39 is 0 Å². The van der Waals surface area contributed by atoms with Gasteiger partial charge < -0.3 is 0 Å². The van der Waals surface area contributed by atoms with Crippen LogP contribution in [0.1, 0.15) is 33.6 Å². The Balaban J connectivity index is 2.24. The van der Waals surface area contributed by atoms with Crippen molar-refractivity contribution in [3.63, 3.8) is 0 Å². The fourth-order valence-corrected chi connectivity index (χ4v) is 3.08. The molecule has 0 spiro atoms. The minimum absolute atomic E-state index is 0.246. The number of rotatable bonds is 1. The fourth-order valence-electron chi connectivity index (χ4n) is 2.84. The molecule has 1 heteroatoms. The zero-order valence-electron chi connectivity index (χ0n) is 8.10. The molecule has 3 rings (SSSR count). The van der Waals surface area contributed by atoms with Gasteiger partial charge >= 0.3 is 0 Å². The number of fused-ring (bicyclic) bond motifs is 1. The molecule has 0 radical (unpaired) electrons. The summed E-state index contributed by atoms with van der Waals surface area (Å²) < 4.78 is 0. The maximum Gasteiger partial charge on any atom is 0.0519 e. The van der Waals surface area contributed by atoms with E-state index in [0.717, 1.165) is 11.8 Å². The van der Waals surface area contributed by atoms with E-state index in [4.69, 9.17) is 11.6 Å². The quantitative estimate of drug-likeness (QED) is 0.432. The predicted molar refractivity (Wildman–Crippen MR) is 53.4 cm³/mol. The highest BCUT2D eigenvalue weighted by molar-refractivity contribution is 6.22. The second kappa shape index (κ2) is 2.51. The van der Waals surface area contributed by atoms with E-state index in [9.17, 15) is 0 Å². The number of hydrogen-bond acceptors (Lipinski definition) is 0. The third-order valence-electron chi connectivity index (χ3n) is 3.97. The lowest BCUT2D eigenvalue weighted by Crippen LogP contribution is -2.49. The molecule has 12 heavy (non-hydrogen) atoms. The van der Waals surface area contributed by atoms with Crippen molar-refractivity contribution in [2.24, 2.45) is 17.3 Å². The molecule has 0 aromatic carbocycles. The molecule has 0 aliphatic heterocycles. The molecule has 3 unspecified atom stereocenters. The van der Waals surface area contributed by atoms with Crippen molar-refractivity contribution >= 4 is 11.6 Å². The summed E-state index contributed by atoms with van der Waals surface area (Å²) in [6.45, 7) is 6.87. The van der Waals surface area contributed by atoms with E-state index in [1.54, 1.807) is 0 Å². The van der Waals surface area contributed by atoms with Gasteiger partial charge in [0.2, 0.25) is 0 Å². The van der Waals surface area contributed by atoms with Crippen molar-refractivity contribution < 1.29 is 0 Å². The van der Waals surface area contributed by atoms with Crippen molar-refractivity contribution in [1.29, 1.82) is 0 Å². The minimum Gasteiger partial charge on any atom is -0.118 e. The monoisotopic (exact) mass is 184 g/mol. The molecule has 1 fully saturated rings. The van der Waals surface area contributed by atoms with E-state index in [1.165, 1.54) is 18.4 Å². The average Bonchev–Trinajstić information content (AvgIpc) is 2.04. The molecule has 3 atom stereocenters. The number of hydrogen-bond donors (Lipinski definition) is 0. The Hall–Kier alpha value is 0.0300. The van der Waals surface area contributed by atoms with Crippen molar-refractivity contribution in [3.05, 3.63) is 11.6 Å². The first-order valence-electron chi connectivity index (χ1n) is 4.87. The first kappa shape index (κ1) is 8.62. The van der Waals surface area contributed by atoms with Gasteiger partial charge in [-0.1, -0.05) is 25.5 Å². The number of halogens is 1. The van der Waals surface area contributed by atoms with E-state index >= 15 is 0 Å². The van der Waals surface area contributed by atoms with Gasteiger partial charge in [0.15, 0.2) is 0 Å². The fraction of sp³-hybridized carbons (Fsp3) is 0.818. The maximum atomic E-state index is 6.14. The van der Waals surface area contributed by atoms with E-state index in [1.807, 2.05) is 0 Å². The SMILES string of the molecule is CC(Cl)C1=CCC2CC1C2(C)C. The van der Waals surface area contributed by atoms with Crippen molar-refractivity contribution in [2.75, 3.05) is 0 Å². The zero-order chi connectivity index (χ0) is 8.93. The van der Waals surface area contributed by atoms with Gasteiger partial charge in [0, 0.05) is 0 Å². The summed E-state index contributed by atoms with van der Waals surface area (Å²) in [5, 5.41) is 0.246. The van der Waals surface area contributed by atoms with Gasteiger partial charge in [0.25, 0.3) is 0 Å².